The van der Waals surface area contributed by atoms with Crippen LogP contribution in [0.4, 0.5) is 0 Å². The van der Waals surface area contributed by atoms with Crippen molar-refractivity contribution in [2.24, 2.45) is 0 Å². The standard InChI is InChI=1S/C9H20O2.2ClH.Mg/c1-4-7-10-9(6-3)11-8-5-2;;;/h9H,4-8H2,1-3H3;2*1H;/q;;;+2/p-2. The van der Waals surface area contributed by atoms with E-state index in [4.69, 9.17) is 9.47 Å². The average molecular weight is 255 g/mol. The van der Waals surface area contributed by atoms with Gasteiger partial charge in [0.15, 0.2) is 6.29 Å². The predicted octanol–water partition coefficient (Wildman–Crippen LogP) is -3.80. The first-order valence-electron chi connectivity index (χ1n) is 4.58. The van der Waals surface area contributed by atoms with Gasteiger partial charge in [0.25, 0.3) is 0 Å². The molecule has 5 heteroatoms. The first-order valence-corrected chi connectivity index (χ1v) is 4.58. The van der Waals surface area contributed by atoms with Crippen LogP contribution in [0.2, 0.25) is 0 Å². The molecule has 0 saturated heterocycles. The number of rotatable bonds is 7. The summed E-state index contributed by atoms with van der Waals surface area (Å²) in [5.41, 5.74) is 0. The number of ether oxygens (including phenoxy) is 2. The second-order valence-electron chi connectivity index (χ2n) is 2.58. The minimum absolute atomic E-state index is 0. The van der Waals surface area contributed by atoms with Crippen molar-refractivity contribution >= 4 is 23.1 Å². The summed E-state index contributed by atoms with van der Waals surface area (Å²) in [5.74, 6) is 0. The van der Waals surface area contributed by atoms with Crippen LogP contribution in [-0.2, 0) is 9.47 Å². The third kappa shape index (κ3) is 15.7. The molecule has 0 heterocycles. The molecule has 0 saturated carbocycles. The molecule has 0 unspecified atom stereocenters. The maximum atomic E-state index is 5.42. The van der Waals surface area contributed by atoms with Crippen LogP contribution < -0.4 is 24.8 Å². The van der Waals surface area contributed by atoms with E-state index in [2.05, 4.69) is 20.8 Å². The zero-order valence-electron chi connectivity index (χ0n) is 9.39. The summed E-state index contributed by atoms with van der Waals surface area (Å²) in [6.45, 7) is 7.90. The third-order valence-corrected chi connectivity index (χ3v) is 1.35. The molecule has 0 amide bonds. The van der Waals surface area contributed by atoms with E-state index in [1.54, 1.807) is 0 Å². The molecule has 0 aromatic heterocycles. The van der Waals surface area contributed by atoms with Gasteiger partial charge >= 0.3 is 23.1 Å². The second-order valence-corrected chi connectivity index (χ2v) is 2.58. The van der Waals surface area contributed by atoms with Gasteiger partial charge in [-0.15, -0.1) is 0 Å². The van der Waals surface area contributed by atoms with Gasteiger partial charge in [0.05, 0.1) is 0 Å². The van der Waals surface area contributed by atoms with Crippen LogP contribution >= 0.6 is 0 Å². The van der Waals surface area contributed by atoms with E-state index < -0.39 is 0 Å². The van der Waals surface area contributed by atoms with Crippen molar-refractivity contribution in [3.8, 4) is 0 Å². The van der Waals surface area contributed by atoms with Gasteiger partial charge in [0.1, 0.15) is 0 Å². The molecule has 0 N–H and O–H groups in total. The maximum Gasteiger partial charge on any atom is 2.00 e. The van der Waals surface area contributed by atoms with Gasteiger partial charge in [-0.1, -0.05) is 20.8 Å². The summed E-state index contributed by atoms with van der Waals surface area (Å²) >= 11 is 0. The molecule has 2 nitrogen and oxygen atoms in total. The molecule has 0 aliphatic rings. The van der Waals surface area contributed by atoms with Crippen LogP contribution in [-0.4, -0.2) is 42.6 Å². The van der Waals surface area contributed by atoms with Gasteiger partial charge < -0.3 is 34.3 Å². The van der Waals surface area contributed by atoms with Crippen LogP contribution in [0, 0.1) is 0 Å². The van der Waals surface area contributed by atoms with Crippen LogP contribution in [0.15, 0.2) is 0 Å². The van der Waals surface area contributed by atoms with E-state index in [-0.39, 0.29) is 54.2 Å². The Morgan fingerprint density at radius 3 is 1.43 bits per heavy atom. The monoisotopic (exact) mass is 254 g/mol. The van der Waals surface area contributed by atoms with Crippen molar-refractivity contribution in [3.05, 3.63) is 0 Å². The van der Waals surface area contributed by atoms with E-state index in [1.165, 1.54) is 0 Å². The minimum Gasteiger partial charge on any atom is -1.00 e. The van der Waals surface area contributed by atoms with E-state index in [0.29, 0.717) is 0 Å². The van der Waals surface area contributed by atoms with Crippen LogP contribution in [0.5, 0.6) is 0 Å². The fourth-order valence-electron chi connectivity index (χ4n) is 0.782. The van der Waals surface area contributed by atoms with Crippen LogP contribution in [0.3, 0.4) is 0 Å². The molecule has 0 spiro atoms. The summed E-state index contributed by atoms with van der Waals surface area (Å²) < 4.78 is 10.8. The molecule has 14 heavy (non-hydrogen) atoms. The van der Waals surface area contributed by atoms with E-state index in [1.807, 2.05) is 0 Å². The zero-order chi connectivity index (χ0) is 8.53. The predicted molar refractivity (Wildman–Crippen MR) is 52.3 cm³/mol. The Labute approximate surface area is 116 Å². The molecule has 0 fully saturated rings. The van der Waals surface area contributed by atoms with Crippen molar-refractivity contribution in [2.45, 2.75) is 46.3 Å². The molecule has 0 bridgehead atoms. The Kier molecular flexibility index (Phi) is 34.6. The fraction of sp³-hybridized carbons (Fsp3) is 1.00. The summed E-state index contributed by atoms with van der Waals surface area (Å²) in [4.78, 5) is 0. The first kappa shape index (κ1) is 24.5. The third-order valence-electron chi connectivity index (χ3n) is 1.35. The Balaban J connectivity index is -0.000000167. The molecule has 0 aliphatic heterocycles. The molecule has 0 rings (SSSR count). The summed E-state index contributed by atoms with van der Waals surface area (Å²) in [6.07, 6.45) is 3.09. The summed E-state index contributed by atoms with van der Waals surface area (Å²) in [6, 6.07) is 0. The average Bonchev–Trinajstić information content (AvgIpc) is 2.05. The van der Waals surface area contributed by atoms with Crippen LogP contribution in [0.25, 0.3) is 0 Å². The zero-order valence-corrected chi connectivity index (χ0v) is 12.3. The Bertz CT molecular complexity index is 79.2. The van der Waals surface area contributed by atoms with Gasteiger partial charge in [0.2, 0.25) is 0 Å². The quantitative estimate of drug-likeness (QED) is 0.343. The molecule has 0 aliphatic carbocycles. The second kappa shape index (κ2) is 19.8. The number of hydrogen-bond donors (Lipinski definition) is 0. The molecular formula is C9H20Cl2MgO2. The Morgan fingerprint density at radius 2 is 1.21 bits per heavy atom. The molecular weight excluding hydrogens is 235 g/mol. The maximum absolute atomic E-state index is 5.42. The largest absolute Gasteiger partial charge is 2.00 e. The summed E-state index contributed by atoms with van der Waals surface area (Å²) in [5, 5.41) is 0. The number of halogens is 2. The first-order chi connectivity index (χ1) is 5.35. The SMILES string of the molecule is CCCOC(CC)OCCC.[Cl-].[Cl-].[Mg+2]. The van der Waals surface area contributed by atoms with E-state index in [9.17, 15) is 0 Å². The van der Waals surface area contributed by atoms with Gasteiger partial charge in [-0.3, -0.25) is 0 Å². The van der Waals surface area contributed by atoms with Gasteiger partial charge in [0, 0.05) is 13.2 Å². The molecule has 0 atom stereocenters. The number of hydrogen-bond acceptors (Lipinski definition) is 2. The molecule has 0 aromatic carbocycles. The Morgan fingerprint density at radius 1 is 0.857 bits per heavy atom. The van der Waals surface area contributed by atoms with Crippen LogP contribution in [0.1, 0.15) is 40.0 Å². The fourth-order valence-corrected chi connectivity index (χ4v) is 0.782. The smallest absolute Gasteiger partial charge is 1.00 e. The van der Waals surface area contributed by atoms with Crippen molar-refractivity contribution in [1.82, 2.24) is 0 Å². The van der Waals surface area contributed by atoms with Crippen molar-refractivity contribution in [1.29, 1.82) is 0 Å². The molecule has 0 radical (unpaired) electrons. The van der Waals surface area contributed by atoms with Crippen molar-refractivity contribution in [2.75, 3.05) is 13.2 Å². The molecule has 0 aromatic rings. The van der Waals surface area contributed by atoms with Crippen molar-refractivity contribution in [3.63, 3.8) is 0 Å². The van der Waals surface area contributed by atoms with E-state index in [0.717, 1.165) is 32.5 Å². The van der Waals surface area contributed by atoms with Gasteiger partial charge in [-0.25, -0.2) is 0 Å². The Hall–Kier alpha value is 1.27. The molecule has 84 valence electrons. The van der Waals surface area contributed by atoms with E-state index >= 15 is 0 Å². The minimum atomic E-state index is 0. The normalized spacial score (nSPS) is 8.57. The van der Waals surface area contributed by atoms with Gasteiger partial charge in [-0.2, -0.15) is 0 Å². The summed E-state index contributed by atoms with van der Waals surface area (Å²) in [7, 11) is 0. The topological polar surface area (TPSA) is 18.5 Å². The van der Waals surface area contributed by atoms with Crippen molar-refractivity contribution < 1.29 is 34.3 Å². The van der Waals surface area contributed by atoms with Gasteiger partial charge in [-0.05, 0) is 19.3 Å².